The zero-order valence-electron chi connectivity index (χ0n) is 12.8. The fourth-order valence-electron chi connectivity index (χ4n) is 4.79. The first-order valence-corrected chi connectivity index (χ1v) is 8.89. The van der Waals surface area contributed by atoms with Gasteiger partial charge >= 0.3 is 0 Å². The third-order valence-corrected chi connectivity index (χ3v) is 6.15. The van der Waals surface area contributed by atoms with Crippen molar-refractivity contribution in [2.24, 2.45) is 11.8 Å². The number of rotatable bonds is 3. The van der Waals surface area contributed by atoms with E-state index in [0.29, 0.717) is 28.6 Å². The zero-order chi connectivity index (χ0) is 15.1. The number of hydrogen-bond donors (Lipinski definition) is 1. The van der Waals surface area contributed by atoms with Crippen molar-refractivity contribution in [1.82, 2.24) is 10.2 Å². The van der Waals surface area contributed by atoms with Crippen LogP contribution in [0.15, 0.2) is 24.3 Å². The summed E-state index contributed by atoms with van der Waals surface area (Å²) in [5.41, 5.74) is 0.666. The van der Waals surface area contributed by atoms with Crippen molar-refractivity contribution in [3.8, 4) is 0 Å². The second-order valence-corrected chi connectivity index (χ2v) is 7.49. The first kappa shape index (κ1) is 14.5. The van der Waals surface area contributed by atoms with Crippen LogP contribution in [0.5, 0.6) is 0 Å². The second-order valence-electron chi connectivity index (χ2n) is 7.08. The summed E-state index contributed by atoms with van der Waals surface area (Å²) >= 11 is 6.29. The molecule has 4 unspecified atom stereocenters. The molecule has 2 bridgehead atoms. The fourth-order valence-corrected chi connectivity index (χ4v) is 5.01. The maximum Gasteiger partial charge on any atom is 0.255 e. The highest BCUT2D eigenvalue weighted by atomic mass is 35.5. The molecule has 0 radical (unpaired) electrons. The lowest BCUT2D eigenvalue weighted by atomic mass is 9.92. The summed E-state index contributed by atoms with van der Waals surface area (Å²) < 4.78 is 0. The molecule has 1 aromatic carbocycles. The van der Waals surface area contributed by atoms with Crippen LogP contribution in [0.2, 0.25) is 5.02 Å². The summed E-state index contributed by atoms with van der Waals surface area (Å²) in [7, 11) is 0. The SMILES string of the molecule is O=C(c1ccccc1Cl)N(C1CCNC1)C1CC2CCC1C2. The standard InChI is InChI=1S/C18H23ClN2O/c19-16-4-2-1-3-15(16)18(22)21(14-7-8-20-11-14)17-10-12-5-6-13(17)9-12/h1-4,12-14,17,20H,5-11H2. The Morgan fingerprint density at radius 1 is 1.18 bits per heavy atom. The lowest BCUT2D eigenvalue weighted by Gasteiger charge is -2.39. The molecule has 2 aliphatic carbocycles. The van der Waals surface area contributed by atoms with Crippen LogP contribution in [0.25, 0.3) is 0 Å². The molecule has 0 aromatic heterocycles. The summed E-state index contributed by atoms with van der Waals surface area (Å²) in [5, 5.41) is 3.99. The van der Waals surface area contributed by atoms with Gasteiger partial charge in [-0.25, -0.2) is 0 Å². The third kappa shape index (κ3) is 2.44. The number of carbonyl (C=O) groups is 1. The van der Waals surface area contributed by atoms with Crippen LogP contribution in [0.1, 0.15) is 42.5 Å². The van der Waals surface area contributed by atoms with Gasteiger partial charge in [-0.15, -0.1) is 0 Å². The number of benzene rings is 1. The maximum absolute atomic E-state index is 13.2. The second kappa shape index (κ2) is 5.86. The van der Waals surface area contributed by atoms with Crippen LogP contribution in [-0.2, 0) is 0 Å². The lowest BCUT2D eigenvalue weighted by molar-refractivity contribution is 0.0505. The van der Waals surface area contributed by atoms with Crippen molar-refractivity contribution in [2.45, 2.75) is 44.2 Å². The van der Waals surface area contributed by atoms with E-state index in [4.69, 9.17) is 11.6 Å². The average Bonchev–Trinajstić information content (AvgIpc) is 3.26. The quantitative estimate of drug-likeness (QED) is 0.927. The van der Waals surface area contributed by atoms with Crippen molar-refractivity contribution < 1.29 is 4.79 Å². The summed E-state index contributed by atoms with van der Waals surface area (Å²) in [6.07, 6.45) is 6.22. The smallest absolute Gasteiger partial charge is 0.255 e. The van der Waals surface area contributed by atoms with Gasteiger partial charge in [-0.3, -0.25) is 4.79 Å². The molecular weight excluding hydrogens is 296 g/mol. The van der Waals surface area contributed by atoms with Crippen molar-refractivity contribution in [1.29, 1.82) is 0 Å². The Labute approximate surface area is 137 Å². The number of amides is 1. The van der Waals surface area contributed by atoms with E-state index in [1.54, 1.807) is 0 Å². The van der Waals surface area contributed by atoms with E-state index >= 15 is 0 Å². The molecule has 2 saturated carbocycles. The Balaban J connectivity index is 1.65. The maximum atomic E-state index is 13.2. The van der Waals surface area contributed by atoms with Gasteiger partial charge in [0.25, 0.3) is 5.91 Å². The molecule has 4 atom stereocenters. The predicted molar refractivity (Wildman–Crippen MR) is 88.1 cm³/mol. The Morgan fingerprint density at radius 3 is 2.68 bits per heavy atom. The zero-order valence-corrected chi connectivity index (χ0v) is 13.6. The predicted octanol–water partition coefficient (Wildman–Crippen LogP) is 3.33. The van der Waals surface area contributed by atoms with Gasteiger partial charge in [0.05, 0.1) is 10.6 Å². The molecule has 4 heteroatoms. The molecule has 118 valence electrons. The van der Waals surface area contributed by atoms with Gasteiger partial charge in [-0.2, -0.15) is 0 Å². The van der Waals surface area contributed by atoms with Gasteiger partial charge in [0.1, 0.15) is 0 Å². The van der Waals surface area contributed by atoms with Crippen molar-refractivity contribution >= 4 is 17.5 Å². The third-order valence-electron chi connectivity index (χ3n) is 5.82. The Kier molecular flexibility index (Phi) is 3.87. The number of carbonyl (C=O) groups excluding carboxylic acids is 1. The molecule has 3 nitrogen and oxygen atoms in total. The largest absolute Gasteiger partial charge is 0.331 e. The molecule has 4 rings (SSSR count). The fraction of sp³-hybridized carbons (Fsp3) is 0.611. The van der Waals surface area contributed by atoms with Crippen LogP contribution < -0.4 is 5.32 Å². The molecule has 1 aliphatic heterocycles. The van der Waals surface area contributed by atoms with Gasteiger partial charge in [-0.1, -0.05) is 30.2 Å². The van der Waals surface area contributed by atoms with Crippen molar-refractivity contribution in [3.05, 3.63) is 34.9 Å². The van der Waals surface area contributed by atoms with E-state index < -0.39 is 0 Å². The van der Waals surface area contributed by atoms with Gasteiger partial charge in [0, 0.05) is 18.6 Å². The molecule has 1 amide bonds. The minimum absolute atomic E-state index is 0.136. The first-order chi connectivity index (χ1) is 10.7. The number of fused-ring (bicyclic) bond motifs is 2. The highest BCUT2D eigenvalue weighted by Crippen LogP contribution is 2.47. The molecule has 1 N–H and O–H groups in total. The molecule has 3 fully saturated rings. The normalized spacial score (nSPS) is 33.3. The van der Waals surface area contributed by atoms with E-state index in [-0.39, 0.29) is 5.91 Å². The van der Waals surface area contributed by atoms with E-state index in [1.807, 2.05) is 24.3 Å². The number of nitrogens with zero attached hydrogens (tertiary/aromatic N) is 1. The molecule has 1 heterocycles. The van der Waals surface area contributed by atoms with E-state index in [0.717, 1.165) is 25.4 Å². The summed E-state index contributed by atoms with van der Waals surface area (Å²) in [5.74, 6) is 1.68. The summed E-state index contributed by atoms with van der Waals surface area (Å²) in [6, 6.07) is 8.23. The van der Waals surface area contributed by atoms with Crippen molar-refractivity contribution in [2.75, 3.05) is 13.1 Å². The average molecular weight is 319 g/mol. The Morgan fingerprint density at radius 2 is 2.05 bits per heavy atom. The molecule has 0 spiro atoms. The lowest BCUT2D eigenvalue weighted by Crippen LogP contribution is -2.50. The molecule has 1 aromatic rings. The van der Waals surface area contributed by atoms with Crippen LogP contribution in [0.3, 0.4) is 0 Å². The minimum atomic E-state index is 0.136. The summed E-state index contributed by atoms with van der Waals surface area (Å²) in [6.45, 7) is 1.93. The van der Waals surface area contributed by atoms with E-state index in [1.165, 1.54) is 25.7 Å². The first-order valence-electron chi connectivity index (χ1n) is 8.52. The van der Waals surface area contributed by atoms with Crippen LogP contribution in [-0.4, -0.2) is 36.0 Å². The summed E-state index contributed by atoms with van der Waals surface area (Å²) in [4.78, 5) is 15.4. The number of nitrogens with one attached hydrogen (secondary N) is 1. The monoisotopic (exact) mass is 318 g/mol. The molecule has 1 saturated heterocycles. The number of halogens is 1. The molecule has 22 heavy (non-hydrogen) atoms. The highest BCUT2D eigenvalue weighted by Gasteiger charge is 2.46. The van der Waals surface area contributed by atoms with Crippen LogP contribution in [0.4, 0.5) is 0 Å². The van der Waals surface area contributed by atoms with Gasteiger partial charge in [0.2, 0.25) is 0 Å². The van der Waals surface area contributed by atoms with Gasteiger partial charge < -0.3 is 10.2 Å². The van der Waals surface area contributed by atoms with Crippen molar-refractivity contribution in [3.63, 3.8) is 0 Å². The molecule has 3 aliphatic rings. The van der Waals surface area contributed by atoms with Crippen LogP contribution >= 0.6 is 11.6 Å². The number of hydrogen-bond acceptors (Lipinski definition) is 2. The Bertz CT molecular complexity index is 570. The van der Waals surface area contributed by atoms with Gasteiger partial charge in [-0.05, 0) is 56.2 Å². The minimum Gasteiger partial charge on any atom is -0.331 e. The van der Waals surface area contributed by atoms with Crippen LogP contribution in [0, 0.1) is 11.8 Å². The van der Waals surface area contributed by atoms with E-state index in [9.17, 15) is 4.79 Å². The van der Waals surface area contributed by atoms with E-state index in [2.05, 4.69) is 10.2 Å². The van der Waals surface area contributed by atoms with Gasteiger partial charge in [0.15, 0.2) is 0 Å². The Hall–Kier alpha value is -1.06. The highest BCUT2D eigenvalue weighted by molar-refractivity contribution is 6.33. The topological polar surface area (TPSA) is 32.3 Å². The molecular formula is C18H23ClN2O.